The Morgan fingerprint density at radius 1 is 0.903 bits per heavy atom. The van der Waals surface area contributed by atoms with Gasteiger partial charge in [0.25, 0.3) is 5.91 Å². The van der Waals surface area contributed by atoms with Gasteiger partial charge in [0.15, 0.2) is 11.5 Å². The molecule has 158 valence electrons. The summed E-state index contributed by atoms with van der Waals surface area (Å²) in [6.45, 7) is 2.07. The topological polar surface area (TPSA) is 69.7 Å². The van der Waals surface area contributed by atoms with E-state index < -0.39 is 0 Å². The summed E-state index contributed by atoms with van der Waals surface area (Å²) in [6.07, 6.45) is 0. The van der Waals surface area contributed by atoms with Crippen LogP contribution in [0.3, 0.4) is 0 Å². The molecule has 0 aliphatic rings. The second-order valence-corrected chi connectivity index (χ2v) is 7.97. The van der Waals surface area contributed by atoms with Crippen molar-refractivity contribution in [3.63, 3.8) is 0 Å². The molecule has 0 aliphatic carbocycles. The first-order valence-corrected chi connectivity index (χ1v) is 10.4. The van der Waals surface area contributed by atoms with Gasteiger partial charge in [0.05, 0.1) is 31.5 Å². The summed E-state index contributed by atoms with van der Waals surface area (Å²) in [7, 11) is 4.55. The molecule has 7 heteroatoms. The number of nitrogens with zero attached hydrogens (tertiary/aromatic N) is 1. The minimum atomic E-state index is -0.275. The number of amides is 1. The first kappa shape index (κ1) is 20.7. The Hall–Kier alpha value is -3.58. The number of fused-ring (bicyclic) bond motifs is 1. The SMILES string of the molecule is COc1cc(C(=O)Nc2ccc(-c3nc4ccc(C)cc4s3)cc2)cc(OC)c1OC. The highest BCUT2D eigenvalue weighted by molar-refractivity contribution is 7.21. The third-order valence-corrected chi connectivity index (χ3v) is 5.93. The maximum Gasteiger partial charge on any atom is 0.255 e. The lowest BCUT2D eigenvalue weighted by molar-refractivity contribution is 0.102. The standard InChI is InChI=1S/C24H22N2O4S/c1-14-5-10-18-21(11-14)31-24(26-18)15-6-8-17(9-7-15)25-23(27)16-12-19(28-2)22(30-4)20(13-16)29-3/h5-13H,1-4H3,(H,25,27). The summed E-state index contributed by atoms with van der Waals surface area (Å²) in [4.78, 5) is 17.5. The summed E-state index contributed by atoms with van der Waals surface area (Å²) in [6, 6.07) is 17.1. The fourth-order valence-electron chi connectivity index (χ4n) is 3.27. The van der Waals surface area contributed by atoms with Crippen molar-refractivity contribution in [1.82, 2.24) is 4.98 Å². The fourth-order valence-corrected chi connectivity index (χ4v) is 4.34. The van der Waals surface area contributed by atoms with Crippen LogP contribution >= 0.6 is 11.3 Å². The number of carbonyl (C=O) groups is 1. The van der Waals surface area contributed by atoms with Gasteiger partial charge in [-0.05, 0) is 61.0 Å². The second-order valence-electron chi connectivity index (χ2n) is 6.94. The van der Waals surface area contributed by atoms with Crippen molar-refractivity contribution >= 4 is 33.1 Å². The molecule has 1 amide bonds. The Balaban J connectivity index is 1.55. The van der Waals surface area contributed by atoms with Gasteiger partial charge in [-0.15, -0.1) is 11.3 Å². The number of carbonyl (C=O) groups excluding carboxylic acids is 1. The van der Waals surface area contributed by atoms with Crippen LogP contribution in [0.5, 0.6) is 17.2 Å². The van der Waals surface area contributed by atoms with Crippen LogP contribution in [0.15, 0.2) is 54.6 Å². The normalized spacial score (nSPS) is 10.7. The zero-order valence-electron chi connectivity index (χ0n) is 17.7. The van der Waals surface area contributed by atoms with Crippen LogP contribution in [0.1, 0.15) is 15.9 Å². The molecule has 6 nitrogen and oxygen atoms in total. The van der Waals surface area contributed by atoms with E-state index in [-0.39, 0.29) is 5.91 Å². The van der Waals surface area contributed by atoms with Gasteiger partial charge in [-0.1, -0.05) is 6.07 Å². The average Bonchev–Trinajstić information content (AvgIpc) is 3.21. The molecule has 31 heavy (non-hydrogen) atoms. The largest absolute Gasteiger partial charge is 0.493 e. The number of hydrogen-bond donors (Lipinski definition) is 1. The molecule has 4 aromatic rings. The summed E-state index contributed by atoms with van der Waals surface area (Å²) in [5, 5.41) is 3.85. The highest BCUT2D eigenvalue weighted by Gasteiger charge is 2.17. The van der Waals surface area contributed by atoms with Crippen molar-refractivity contribution < 1.29 is 19.0 Å². The quantitative estimate of drug-likeness (QED) is 0.431. The van der Waals surface area contributed by atoms with Gasteiger partial charge in [0, 0.05) is 16.8 Å². The Morgan fingerprint density at radius 3 is 2.19 bits per heavy atom. The predicted octanol–water partition coefficient (Wildman–Crippen LogP) is 5.55. The zero-order chi connectivity index (χ0) is 22.0. The smallest absolute Gasteiger partial charge is 0.255 e. The maximum atomic E-state index is 12.8. The fraction of sp³-hybridized carbons (Fsp3) is 0.167. The molecule has 1 heterocycles. The number of benzene rings is 3. The molecule has 0 fully saturated rings. The predicted molar refractivity (Wildman–Crippen MR) is 124 cm³/mol. The molecule has 3 aromatic carbocycles. The summed E-state index contributed by atoms with van der Waals surface area (Å²) in [5.41, 5.74) is 4.29. The minimum Gasteiger partial charge on any atom is -0.493 e. The number of thiazole rings is 1. The van der Waals surface area contributed by atoms with Crippen molar-refractivity contribution in [1.29, 1.82) is 0 Å². The lowest BCUT2D eigenvalue weighted by Crippen LogP contribution is -2.12. The molecule has 0 atom stereocenters. The van der Waals surface area contributed by atoms with E-state index in [1.807, 2.05) is 30.3 Å². The second kappa shape index (κ2) is 8.65. The van der Waals surface area contributed by atoms with E-state index in [1.165, 1.54) is 26.9 Å². The Bertz CT molecular complexity index is 1220. The number of nitrogens with one attached hydrogen (secondary N) is 1. The van der Waals surface area contributed by atoms with Gasteiger partial charge in [-0.2, -0.15) is 0 Å². The molecular formula is C24H22N2O4S. The van der Waals surface area contributed by atoms with Crippen LogP contribution in [0.25, 0.3) is 20.8 Å². The molecule has 0 radical (unpaired) electrons. The van der Waals surface area contributed by atoms with E-state index in [9.17, 15) is 4.79 Å². The van der Waals surface area contributed by atoms with Gasteiger partial charge in [-0.25, -0.2) is 4.98 Å². The number of aromatic nitrogens is 1. The van der Waals surface area contributed by atoms with Crippen molar-refractivity contribution in [2.45, 2.75) is 6.92 Å². The van der Waals surface area contributed by atoms with E-state index >= 15 is 0 Å². The summed E-state index contributed by atoms with van der Waals surface area (Å²) in [5.74, 6) is 1.02. The van der Waals surface area contributed by atoms with Gasteiger partial charge < -0.3 is 19.5 Å². The molecule has 0 aliphatic heterocycles. The number of hydrogen-bond acceptors (Lipinski definition) is 6. The van der Waals surface area contributed by atoms with E-state index in [1.54, 1.807) is 23.5 Å². The van der Waals surface area contributed by atoms with Gasteiger partial charge in [-0.3, -0.25) is 4.79 Å². The first-order valence-electron chi connectivity index (χ1n) is 9.61. The molecule has 1 aromatic heterocycles. The lowest BCUT2D eigenvalue weighted by atomic mass is 10.1. The van der Waals surface area contributed by atoms with Crippen LogP contribution in [-0.2, 0) is 0 Å². The maximum absolute atomic E-state index is 12.8. The first-order chi connectivity index (χ1) is 15.0. The summed E-state index contributed by atoms with van der Waals surface area (Å²) < 4.78 is 17.1. The Kier molecular flexibility index (Phi) is 5.77. The van der Waals surface area contributed by atoms with Crippen LogP contribution in [0.4, 0.5) is 5.69 Å². The van der Waals surface area contributed by atoms with Crippen molar-refractivity contribution in [2.24, 2.45) is 0 Å². The Morgan fingerprint density at radius 2 is 1.58 bits per heavy atom. The highest BCUT2D eigenvalue weighted by atomic mass is 32.1. The monoisotopic (exact) mass is 434 g/mol. The number of methoxy groups -OCH3 is 3. The summed E-state index contributed by atoms with van der Waals surface area (Å²) >= 11 is 1.65. The van der Waals surface area contributed by atoms with E-state index in [0.717, 1.165) is 20.8 Å². The van der Waals surface area contributed by atoms with Crippen molar-refractivity contribution in [3.8, 4) is 27.8 Å². The van der Waals surface area contributed by atoms with Crippen LogP contribution in [-0.4, -0.2) is 32.2 Å². The third-order valence-electron chi connectivity index (χ3n) is 4.86. The number of ether oxygens (including phenoxy) is 3. The van der Waals surface area contributed by atoms with Gasteiger partial charge >= 0.3 is 0 Å². The van der Waals surface area contributed by atoms with E-state index in [4.69, 9.17) is 19.2 Å². The molecule has 1 N–H and O–H groups in total. The molecule has 0 bridgehead atoms. The zero-order valence-corrected chi connectivity index (χ0v) is 18.5. The van der Waals surface area contributed by atoms with Crippen molar-refractivity contribution in [2.75, 3.05) is 26.6 Å². The number of anilines is 1. The van der Waals surface area contributed by atoms with Crippen LogP contribution in [0.2, 0.25) is 0 Å². The lowest BCUT2D eigenvalue weighted by Gasteiger charge is -2.14. The van der Waals surface area contributed by atoms with E-state index in [0.29, 0.717) is 28.5 Å². The van der Waals surface area contributed by atoms with Gasteiger partial charge in [0.1, 0.15) is 5.01 Å². The molecular weight excluding hydrogens is 412 g/mol. The number of rotatable bonds is 6. The molecule has 0 saturated carbocycles. The Labute approximate surface area is 184 Å². The number of aryl methyl sites for hydroxylation is 1. The van der Waals surface area contributed by atoms with Crippen molar-refractivity contribution in [3.05, 3.63) is 65.7 Å². The van der Waals surface area contributed by atoms with Crippen LogP contribution < -0.4 is 19.5 Å². The highest BCUT2D eigenvalue weighted by Crippen LogP contribution is 2.38. The molecule has 0 saturated heterocycles. The third kappa shape index (κ3) is 4.18. The average molecular weight is 435 g/mol. The van der Waals surface area contributed by atoms with E-state index in [2.05, 4.69) is 24.4 Å². The molecule has 0 spiro atoms. The molecule has 0 unspecified atom stereocenters. The minimum absolute atomic E-state index is 0.275. The van der Waals surface area contributed by atoms with Gasteiger partial charge in [0.2, 0.25) is 5.75 Å². The molecule has 4 rings (SSSR count). The van der Waals surface area contributed by atoms with Crippen LogP contribution in [0, 0.1) is 6.92 Å².